The highest BCUT2D eigenvalue weighted by atomic mass is 32.2. The van der Waals surface area contributed by atoms with Crippen LogP contribution in [0.1, 0.15) is 30.4 Å². The Morgan fingerprint density at radius 3 is 2.28 bits per heavy atom. The molecular weight excluding hydrogens is 520 g/mol. The van der Waals surface area contributed by atoms with Crippen molar-refractivity contribution in [2.75, 3.05) is 52.2 Å². The number of carbonyl (C=O) groups excluding carboxylic acids is 3. The molecule has 3 heterocycles. The van der Waals surface area contributed by atoms with E-state index in [1.165, 1.54) is 38.4 Å². The van der Waals surface area contributed by atoms with Crippen LogP contribution >= 0.6 is 0 Å². The van der Waals surface area contributed by atoms with Crippen molar-refractivity contribution in [3.63, 3.8) is 0 Å². The van der Waals surface area contributed by atoms with Gasteiger partial charge in [0.25, 0.3) is 17.6 Å². The highest BCUT2D eigenvalue weighted by Gasteiger charge is 2.66. The van der Waals surface area contributed by atoms with Crippen LogP contribution in [0.25, 0.3) is 5.76 Å². The van der Waals surface area contributed by atoms with E-state index in [0.29, 0.717) is 37.3 Å². The first-order valence-electron chi connectivity index (χ1n) is 13.0. The molecule has 0 radical (unpaired) electrons. The van der Waals surface area contributed by atoms with Crippen molar-refractivity contribution < 1.29 is 27.9 Å². The molecule has 5 rings (SSSR count). The minimum Gasteiger partial charge on any atom is -0.507 e. The van der Waals surface area contributed by atoms with Crippen molar-refractivity contribution in [2.24, 2.45) is 0 Å². The zero-order valence-corrected chi connectivity index (χ0v) is 23.1. The molecule has 0 aliphatic carbocycles. The van der Waals surface area contributed by atoms with Gasteiger partial charge >= 0.3 is 0 Å². The zero-order chi connectivity index (χ0) is 28.1. The average Bonchev–Trinajstić information content (AvgIpc) is 3.60. The molecule has 0 unspecified atom stereocenters. The first kappa shape index (κ1) is 27.0. The smallest absolute Gasteiger partial charge is 0.296 e. The summed E-state index contributed by atoms with van der Waals surface area (Å²) in [6.45, 7) is 1.66. The summed E-state index contributed by atoms with van der Waals surface area (Å²) in [6, 6.07) is 12.5. The standard InChI is InChI=1S/C28H32N4O6S/c1-29(2)15-8-18-32-26(35)25(34)23(28(32)21-9-4-5-10-22(21)30(3)27(28)36)24(33)19-11-13-20(14-12-19)39(37,38)31-16-6-7-17-31/h4-5,9-14,33H,6-8,15-18H2,1-3H3/t28-/m1/s1. The van der Waals surface area contributed by atoms with Gasteiger partial charge in [-0.2, -0.15) is 4.31 Å². The number of rotatable bonds is 7. The van der Waals surface area contributed by atoms with E-state index in [1.54, 1.807) is 31.3 Å². The number of ketones is 1. The van der Waals surface area contributed by atoms with Crippen molar-refractivity contribution >= 4 is 39.1 Å². The Kier molecular flexibility index (Phi) is 6.86. The average molecular weight is 553 g/mol. The van der Waals surface area contributed by atoms with Crippen molar-refractivity contribution in [1.29, 1.82) is 0 Å². The molecule has 0 saturated carbocycles. The van der Waals surface area contributed by atoms with Crippen LogP contribution in [0.5, 0.6) is 0 Å². The fourth-order valence-electron chi connectivity index (χ4n) is 5.82. The Morgan fingerprint density at radius 2 is 1.64 bits per heavy atom. The maximum atomic E-state index is 14.0. The number of carbonyl (C=O) groups is 3. The number of aliphatic hydroxyl groups excluding tert-OH is 1. The van der Waals surface area contributed by atoms with Crippen LogP contribution in [0, 0.1) is 0 Å². The van der Waals surface area contributed by atoms with E-state index in [2.05, 4.69) is 0 Å². The lowest BCUT2D eigenvalue weighted by atomic mass is 9.82. The number of hydrogen-bond donors (Lipinski definition) is 1. The topological polar surface area (TPSA) is 119 Å². The molecule has 2 aromatic carbocycles. The van der Waals surface area contributed by atoms with E-state index in [0.717, 1.165) is 12.8 Å². The number of benzene rings is 2. The van der Waals surface area contributed by atoms with Crippen LogP contribution in [0.4, 0.5) is 5.69 Å². The molecule has 2 amide bonds. The summed E-state index contributed by atoms with van der Waals surface area (Å²) in [5, 5.41) is 11.5. The number of sulfonamides is 1. The van der Waals surface area contributed by atoms with Crippen molar-refractivity contribution in [3.05, 3.63) is 65.2 Å². The summed E-state index contributed by atoms with van der Waals surface area (Å²) >= 11 is 0. The molecule has 1 spiro atoms. The lowest BCUT2D eigenvalue weighted by Gasteiger charge is -2.34. The van der Waals surface area contributed by atoms with Gasteiger partial charge in [-0.05, 0) is 70.2 Å². The molecule has 10 nitrogen and oxygen atoms in total. The Hall–Kier alpha value is -3.54. The summed E-state index contributed by atoms with van der Waals surface area (Å²) in [6.07, 6.45) is 2.11. The van der Waals surface area contributed by atoms with E-state index in [-0.39, 0.29) is 22.6 Å². The fraction of sp³-hybridized carbons (Fsp3) is 0.393. The van der Waals surface area contributed by atoms with Gasteiger partial charge in [-0.1, -0.05) is 18.2 Å². The second kappa shape index (κ2) is 9.89. The molecular formula is C28H32N4O6S. The number of hydrogen-bond acceptors (Lipinski definition) is 7. The van der Waals surface area contributed by atoms with Gasteiger partial charge in [-0.3, -0.25) is 14.4 Å². The van der Waals surface area contributed by atoms with Crippen LogP contribution in [0.2, 0.25) is 0 Å². The predicted octanol–water partition coefficient (Wildman–Crippen LogP) is 1.98. The van der Waals surface area contributed by atoms with Gasteiger partial charge in [-0.15, -0.1) is 0 Å². The summed E-state index contributed by atoms with van der Waals surface area (Å²) < 4.78 is 27.4. The lowest BCUT2D eigenvalue weighted by Crippen LogP contribution is -2.51. The van der Waals surface area contributed by atoms with Gasteiger partial charge in [0.05, 0.1) is 10.5 Å². The van der Waals surface area contributed by atoms with Crippen LogP contribution in [-0.2, 0) is 29.9 Å². The number of para-hydroxylation sites is 1. The van der Waals surface area contributed by atoms with Gasteiger partial charge in [-0.25, -0.2) is 8.42 Å². The van der Waals surface area contributed by atoms with Crippen molar-refractivity contribution in [1.82, 2.24) is 14.1 Å². The molecule has 1 atom stereocenters. The van der Waals surface area contributed by atoms with Crippen LogP contribution in [0.15, 0.2) is 59.0 Å². The first-order chi connectivity index (χ1) is 18.5. The third kappa shape index (κ3) is 4.07. The Labute approximate surface area is 228 Å². The summed E-state index contributed by atoms with van der Waals surface area (Å²) in [5.41, 5.74) is -1.01. The molecule has 0 bridgehead atoms. The number of anilines is 1. The molecule has 2 fully saturated rings. The number of nitrogens with zero attached hydrogens (tertiary/aromatic N) is 4. The lowest BCUT2D eigenvalue weighted by molar-refractivity contribution is -0.143. The second-order valence-corrected chi connectivity index (χ2v) is 12.3. The third-order valence-corrected chi connectivity index (χ3v) is 9.67. The van der Waals surface area contributed by atoms with Gasteiger partial charge in [0.15, 0.2) is 5.54 Å². The zero-order valence-electron chi connectivity index (χ0n) is 22.3. The minimum absolute atomic E-state index is 0.0711. The van der Waals surface area contributed by atoms with E-state index in [4.69, 9.17) is 0 Å². The van der Waals surface area contributed by atoms with Crippen LogP contribution in [0.3, 0.4) is 0 Å². The molecule has 1 N–H and O–H groups in total. The SMILES string of the molecule is CN(C)CCCN1C(=O)C(=O)C(=C(O)c2ccc(S(=O)(=O)N3CCCC3)cc2)[C@]12C(=O)N(C)c1ccccc12. The summed E-state index contributed by atoms with van der Waals surface area (Å²) in [7, 11) is 1.68. The molecule has 3 aliphatic rings. The predicted molar refractivity (Wildman–Crippen MR) is 145 cm³/mol. The Morgan fingerprint density at radius 1 is 1.00 bits per heavy atom. The van der Waals surface area contributed by atoms with Gasteiger partial charge in [0.2, 0.25) is 10.0 Å². The number of amides is 2. The fourth-order valence-corrected chi connectivity index (χ4v) is 7.34. The minimum atomic E-state index is -3.68. The number of fused-ring (bicyclic) bond motifs is 2. The number of likely N-dealkylation sites (tertiary alicyclic amines) is 1. The van der Waals surface area contributed by atoms with E-state index < -0.39 is 38.9 Å². The Bertz CT molecular complexity index is 1480. The van der Waals surface area contributed by atoms with Gasteiger partial charge < -0.3 is 19.8 Å². The summed E-state index contributed by atoms with van der Waals surface area (Å²) in [4.78, 5) is 45.7. The van der Waals surface area contributed by atoms with E-state index >= 15 is 0 Å². The highest BCUT2D eigenvalue weighted by molar-refractivity contribution is 7.89. The number of Topliss-reactive ketones (excluding diaryl/α,β-unsaturated/α-hetero) is 1. The molecule has 3 aliphatic heterocycles. The normalized spacial score (nSPS) is 23.0. The van der Waals surface area contributed by atoms with E-state index in [1.807, 2.05) is 19.0 Å². The quantitative estimate of drug-likeness (QED) is 0.317. The van der Waals surface area contributed by atoms with Crippen molar-refractivity contribution in [3.8, 4) is 0 Å². The first-order valence-corrected chi connectivity index (χ1v) is 14.4. The molecule has 11 heteroatoms. The van der Waals surface area contributed by atoms with Crippen LogP contribution in [-0.4, -0.2) is 92.5 Å². The largest absolute Gasteiger partial charge is 0.507 e. The van der Waals surface area contributed by atoms with Gasteiger partial charge in [0.1, 0.15) is 5.76 Å². The third-order valence-electron chi connectivity index (χ3n) is 7.76. The van der Waals surface area contributed by atoms with Crippen LogP contribution < -0.4 is 4.90 Å². The van der Waals surface area contributed by atoms with Crippen molar-refractivity contribution in [2.45, 2.75) is 29.7 Å². The van der Waals surface area contributed by atoms with E-state index in [9.17, 15) is 27.9 Å². The molecule has 206 valence electrons. The summed E-state index contributed by atoms with van der Waals surface area (Å²) in [5.74, 6) is -2.85. The molecule has 39 heavy (non-hydrogen) atoms. The number of likely N-dealkylation sites (N-methyl/N-ethyl adjacent to an activating group) is 1. The highest BCUT2D eigenvalue weighted by Crippen LogP contribution is 2.53. The maximum absolute atomic E-state index is 14.0. The monoisotopic (exact) mass is 552 g/mol. The van der Waals surface area contributed by atoms with Gasteiger partial charge in [0, 0.05) is 43.5 Å². The molecule has 2 aromatic rings. The Balaban J connectivity index is 1.65. The number of aliphatic hydroxyl groups is 1. The maximum Gasteiger partial charge on any atom is 0.296 e. The molecule has 0 aromatic heterocycles. The molecule has 2 saturated heterocycles. The second-order valence-electron chi connectivity index (χ2n) is 10.4.